The van der Waals surface area contributed by atoms with Crippen molar-refractivity contribution in [3.63, 3.8) is 0 Å². The van der Waals surface area contributed by atoms with Crippen LogP contribution in [0.1, 0.15) is 11.1 Å². The Morgan fingerprint density at radius 1 is 0.696 bits per heavy atom. The van der Waals surface area contributed by atoms with Gasteiger partial charge in [-0.05, 0) is 12.1 Å². The maximum absolute atomic E-state index is 13.1. The monoisotopic (exact) mass is 393 g/mol. The van der Waals surface area contributed by atoms with Crippen LogP contribution < -0.4 is 0 Å². The first-order chi connectivity index (χ1) is 10.4. The van der Waals surface area contributed by atoms with Gasteiger partial charge in [0, 0.05) is 28.5 Å². The van der Waals surface area contributed by atoms with Gasteiger partial charge in [-0.3, -0.25) is 4.98 Å². The fourth-order valence-electron chi connectivity index (χ4n) is 1.94. The van der Waals surface area contributed by atoms with Crippen molar-refractivity contribution in [2.24, 2.45) is 0 Å². The Balaban J connectivity index is 2.95. The lowest BCUT2D eigenvalue weighted by molar-refractivity contribution is -0.142. The first-order valence-electron chi connectivity index (χ1n) is 5.70. The summed E-state index contributed by atoms with van der Waals surface area (Å²) in [5.41, 5.74) is -5.00. The number of hydrogen-bond donors (Lipinski definition) is 0. The zero-order chi connectivity index (χ0) is 17.6. The van der Waals surface area contributed by atoms with Crippen LogP contribution in [0.15, 0.2) is 24.5 Å². The Bertz CT molecular complexity index is 699. The molecular weight excluding hydrogens is 390 g/mol. The predicted molar refractivity (Wildman–Crippen MR) is 74.7 cm³/mol. The number of nitrogens with zero attached hydrogens (tertiary/aromatic N) is 1. The number of hydrogen-bond acceptors (Lipinski definition) is 1. The first kappa shape index (κ1) is 18.2. The van der Waals surface area contributed by atoms with Crippen molar-refractivity contribution in [1.29, 1.82) is 0 Å². The number of pyridine rings is 1. The van der Waals surface area contributed by atoms with E-state index in [9.17, 15) is 26.3 Å². The molecular formula is C13H4Cl3F6N. The van der Waals surface area contributed by atoms with E-state index in [2.05, 4.69) is 4.98 Å². The van der Waals surface area contributed by atoms with Gasteiger partial charge in [-0.25, -0.2) is 0 Å². The fraction of sp³-hybridized carbons (Fsp3) is 0.154. The van der Waals surface area contributed by atoms with Gasteiger partial charge in [0.1, 0.15) is 0 Å². The summed E-state index contributed by atoms with van der Waals surface area (Å²) < 4.78 is 78.8. The summed E-state index contributed by atoms with van der Waals surface area (Å²) in [6, 6.07) is 2.01. The number of alkyl halides is 6. The van der Waals surface area contributed by atoms with Crippen molar-refractivity contribution in [2.75, 3.05) is 0 Å². The highest BCUT2D eigenvalue weighted by atomic mass is 35.5. The van der Waals surface area contributed by atoms with Crippen LogP contribution in [0.2, 0.25) is 15.1 Å². The molecule has 2 aromatic rings. The minimum atomic E-state index is -5.09. The quantitative estimate of drug-likeness (QED) is 0.488. The molecule has 0 aliphatic carbocycles. The van der Waals surface area contributed by atoms with Crippen LogP contribution in [0.25, 0.3) is 11.1 Å². The second kappa shape index (κ2) is 6.03. The van der Waals surface area contributed by atoms with E-state index < -0.39 is 44.7 Å². The van der Waals surface area contributed by atoms with Crippen molar-refractivity contribution < 1.29 is 26.3 Å². The van der Waals surface area contributed by atoms with Crippen LogP contribution >= 0.6 is 34.8 Å². The topological polar surface area (TPSA) is 12.9 Å². The first-order valence-corrected chi connectivity index (χ1v) is 6.83. The SMILES string of the molecule is FC(F)(F)c1cncc(C(F)(F)F)c1-c1c(Cl)cc(Cl)cc1Cl. The van der Waals surface area contributed by atoms with Gasteiger partial charge >= 0.3 is 12.4 Å². The summed E-state index contributed by atoms with van der Waals surface area (Å²) in [4.78, 5) is 3.03. The van der Waals surface area contributed by atoms with Crippen molar-refractivity contribution in [1.82, 2.24) is 4.98 Å². The fourth-order valence-corrected chi connectivity index (χ4v) is 2.95. The van der Waals surface area contributed by atoms with Gasteiger partial charge in [-0.2, -0.15) is 26.3 Å². The third kappa shape index (κ3) is 3.67. The van der Waals surface area contributed by atoms with Gasteiger partial charge in [0.05, 0.1) is 21.2 Å². The van der Waals surface area contributed by atoms with E-state index in [1.54, 1.807) is 0 Å². The standard InChI is InChI=1S/C13H4Cl3F6N/c14-5-1-8(15)11(9(16)2-5)10-6(12(17,18)19)3-23-4-7(10)13(20,21)22/h1-4H. The summed E-state index contributed by atoms with van der Waals surface area (Å²) >= 11 is 17.2. The zero-order valence-electron chi connectivity index (χ0n) is 10.7. The summed E-state index contributed by atoms with van der Waals surface area (Å²) in [5, 5.41) is -0.908. The van der Waals surface area contributed by atoms with Gasteiger partial charge in [0.25, 0.3) is 0 Å². The Morgan fingerprint density at radius 3 is 1.43 bits per heavy atom. The molecule has 10 heteroatoms. The third-order valence-corrected chi connectivity index (χ3v) is 3.63. The van der Waals surface area contributed by atoms with Crippen molar-refractivity contribution in [2.45, 2.75) is 12.4 Å². The zero-order valence-corrected chi connectivity index (χ0v) is 12.9. The number of aromatic nitrogens is 1. The Kier molecular flexibility index (Phi) is 4.76. The van der Waals surface area contributed by atoms with E-state index in [-0.39, 0.29) is 17.4 Å². The van der Waals surface area contributed by atoms with E-state index in [0.29, 0.717) is 0 Å². The summed E-state index contributed by atoms with van der Waals surface area (Å²) in [6.45, 7) is 0. The maximum Gasteiger partial charge on any atom is 0.418 e. The molecule has 0 atom stereocenters. The van der Waals surface area contributed by atoms with E-state index in [4.69, 9.17) is 34.8 Å². The smallest absolute Gasteiger partial charge is 0.263 e. The minimum Gasteiger partial charge on any atom is -0.263 e. The average molecular weight is 395 g/mol. The average Bonchev–Trinajstić information content (AvgIpc) is 2.35. The molecule has 0 aliphatic heterocycles. The number of rotatable bonds is 1. The molecule has 0 radical (unpaired) electrons. The lowest BCUT2D eigenvalue weighted by atomic mass is 9.95. The molecule has 0 saturated heterocycles. The maximum atomic E-state index is 13.1. The Hall–Kier alpha value is -1.18. The Morgan fingerprint density at radius 2 is 1.09 bits per heavy atom. The van der Waals surface area contributed by atoms with Crippen LogP contribution in [-0.2, 0) is 12.4 Å². The van der Waals surface area contributed by atoms with Gasteiger partial charge in [0.15, 0.2) is 0 Å². The van der Waals surface area contributed by atoms with Gasteiger partial charge in [-0.15, -0.1) is 0 Å². The highest BCUT2D eigenvalue weighted by Gasteiger charge is 2.42. The van der Waals surface area contributed by atoms with E-state index >= 15 is 0 Å². The Labute approximate surface area is 140 Å². The van der Waals surface area contributed by atoms with Gasteiger partial charge in [0.2, 0.25) is 0 Å². The van der Waals surface area contributed by atoms with E-state index in [1.165, 1.54) is 0 Å². The van der Waals surface area contributed by atoms with Crippen molar-refractivity contribution in [3.05, 3.63) is 50.7 Å². The lowest BCUT2D eigenvalue weighted by Crippen LogP contribution is -2.15. The molecule has 124 valence electrons. The van der Waals surface area contributed by atoms with Crippen molar-refractivity contribution in [3.8, 4) is 11.1 Å². The van der Waals surface area contributed by atoms with E-state index in [0.717, 1.165) is 12.1 Å². The second-order valence-corrected chi connectivity index (χ2v) is 5.60. The summed E-state index contributed by atoms with van der Waals surface area (Å²) in [7, 11) is 0. The third-order valence-electron chi connectivity index (χ3n) is 2.81. The van der Waals surface area contributed by atoms with Crippen LogP contribution in [-0.4, -0.2) is 4.98 Å². The number of benzene rings is 1. The molecule has 0 N–H and O–H groups in total. The molecule has 1 heterocycles. The summed E-state index contributed by atoms with van der Waals surface area (Å²) in [5.74, 6) is 0. The normalized spacial score (nSPS) is 12.6. The molecule has 0 aliphatic rings. The van der Waals surface area contributed by atoms with Crippen LogP contribution in [0.4, 0.5) is 26.3 Å². The largest absolute Gasteiger partial charge is 0.418 e. The predicted octanol–water partition coefficient (Wildman–Crippen LogP) is 6.75. The molecule has 0 saturated carbocycles. The van der Waals surface area contributed by atoms with Crippen LogP contribution in [0, 0.1) is 0 Å². The molecule has 0 unspecified atom stereocenters. The lowest BCUT2D eigenvalue weighted by Gasteiger charge is -2.20. The highest BCUT2D eigenvalue weighted by Crippen LogP contribution is 2.48. The molecule has 0 bridgehead atoms. The molecule has 0 amide bonds. The highest BCUT2D eigenvalue weighted by molar-refractivity contribution is 6.42. The molecule has 23 heavy (non-hydrogen) atoms. The minimum absolute atomic E-state index is 0.0278. The van der Waals surface area contributed by atoms with Crippen LogP contribution in [0.3, 0.4) is 0 Å². The summed E-state index contributed by atoms with van der Waals surface area (Å²) in [6.07, 6.45) is -9.61. The van der Waals surface area contributed by atoms with Crippen LogP contribution in [0.5, 0.6) is 0 Å². The molecule has 1 aromatic carbocycles. The molecule has 1 nitrogen and oxygen atoms in total. The molecule has 0 spiro atoms. The molecule has 1 aromatic heterocycles. The molecule has 0 fully saturated rings. The second-order valence-electron chi connectivity index (χ2n) is 4.35. The van der Waals surface area contributed by atoms with Gasteiger partial charge in [-0.1, -0.05) is 34.8 Å². The van der Waals surface area contributed by atoms with E-state index in [1.807, 2.05) is 0 Å². The van der Waals surface area contributed by atoms with Crippen molar-refractivity contribution >= 4 is 34.8 Å². The molecule has 2 rings (SSSR count). The number of halogens is 9. The van der Waals surface area contributed by atoms with Gasteiger partial charge < -0.3 is 0 Å².